The van der Waals surface area contributed by atoms with Crippen molar-refractivity contribution in [2.24, 2.45) is 0 Å². The van der Waals surface area contributed by atoms with E-state index in [1.807, 2.05) is 6.07 Å². The summed E-state index contributed by atoms with van der Waals surface area (Å²) in [4.78, 5) is 20.0. The molecule has 0 aliphatic heterocycles. The van der Waals surface area contributed by atoms with E-state index in [1.54, 1.807) is 12.3 Å². The maximum atomic E-state index is 11.0. The van der Waals surface area contributed by atoms with E-state index < -0.39 is 0 Å². The Kier molecular flexibility index (Phi) is 3.59. The van der Waals surface area contributed by atoms with Gasteiger partial charge < -0.3 is 0 Å². The predicted molar refractivity (Wildman–Crippen MR) is 77.7 cm³/mol. The lowest BCUT2D eigenvalue weighted by Crippen LogP contribution is -2.32. The van der Waals surface area contributed by atoms with Gasteiger partial charge >= 0.3 is 0 Å². The van der Waals surface area contributed by atoms with Gasteiger partial charge in [-0.05, 0) is 24.5 Å². The molecule has 102 valence electrons. The van der Waals surface area contributed by atoms with Gasteiger partial charge in [0.15, 0.2) is 6.29 Å². The minimum atomic E-state index is -0.126. The summed E-state index contributed by atoms with van der Waals surface area (Å²) in [6.45, 7) is 0. The van der Waals surface area contributed by atoms with Gasteiger partial charge in [0.2, 0.25) is 0 Å². The van der Waals surface area contributed by atoms with Crippen molar-refractivity contribution in [3.8, 4) is 0 Å². The fourth-order valence-electron chi connectivity index (χ4n) is 3.22. The smallest absolute Gasteiger partial charge is 0.168 e. The summed E-state index contributed by atoms with van der Waals surface area (Å²) in [5.41, 5.74) is 1.61. The number of rotatable bonds is 3. The maximum Gasteiger partial charge on any atom is 0.168 e. The Morgan fingerprint density at radius 3 is 2.45 bits per heavy atom. The van der Waals surface area contributed by atoms with Gasteiger partial charge in [0.25, 0.3) is 0 Å². The molecule has 1 fully saturated rings. The van der Waals surface area contributed by atoms with Gasteiger partial charge in [-0.25, -0.2) is 9.97 Å². The molecule has 1 aromatic heterocycles. The second-order valence-corrected chi connectivity index (χ2v) is 5.43. The van der Waals surface area contributed by atoms with Gasteiger partial charge in [-0.3, -0.25) is 4.79 Å². The lowest BCUT2D eigenvalue weighted by Gasteiger charge is -2.36. The zero-order valence-electron chi connectivity index (χ0n) is 11.5. The number of carbonyl (C=O) groups is 1. The molecule has 3 nitrogen and oxygen atoms in total. The Labute approximate surface area is 119 Å². The number of hydrogen-bond donors (Lipinski definition) is 0. The Balaban J connectivity index is 2.12. The van der Waals surface area contributed by atoms with Gasteiger partial charge in [-0.15, -0.1) is 0 Å². The first-order valence-electron chi connectivity index (χ1n) is 7.19. The van der Waals surface area contributed by atoms with Crippen LogP contribution in [0.5, 0.6) is 0 Å². The van der Waals surface area contributed by atoms with Crippen LogP contribution in [0, 0.1) is 0 Å². The summed E-state index contributed by atoms with van der Waals surface area (Å²) < 4.78 is 0. The fourth-order valence-corrected chi connectivity index (χ4v) is 3.22. The summed E-state index contributed by atoms with van der Waals surface area (Å²) in [5.74, 6) is 0.799. The van der Waals surface area contributed by atoms with E-state index >= 15 is 0 Å². The van der Waals surface area contributed by atoms with Crippen LogP contribution in [-0.4, -0.2) is 16.3 Å². The standard InChI is InChI=1S/C17H18N2O/c20-13-15-9-12-18-16(19-15)17(10-5-2-6-11-17)14-7-3-1-4-8-14/h1,3-4,7-9,12-13H,2,5-6,10-11H2. The number of nitrogens with zero attached hydrogens (tertiary/aromatic N) is 2. The number of aldehydes is 1. The monoisotopic (exact) mass is 266 g/mol. The van der Waals surface area contributed by atoms with E-state index in [1.165, 1.54) is 24.8 Å². The van der Waals surface area contributed by atoms with Crippen LogP contribution in [0.1, 0.15) is 54.0 Å². The van der Waals surface area contributed by atoms with Crippen LogP contribution in [0.4, 0.5) is 0 Å². The number of benzene rings is 1. The molecule has 3 heteroatoms. The van der Waals surface area contributed by atoms with Gasteiger partial charge in [-0.1, -0.05) is 49.6 Å². The minimum Gasteiger partial charge on any atom is -0.296 e. The van der Waals surface area contributed by atoms with Crippen molar-refractivity contribution in [1.29, 1.82) is 0 Å². The van der Waals surface area contributed by atoms with Crippen LogP contribution in [0.3, 0.4) is 0 Å². The molecule has 1 aliphatic carbocycles. The average Bonchev–Trinajstić information content (AvgIpc) is 2.56. The SMILES string of the molecule is O=Cc1ccnc(C2(c3ccccc3)CCCCC2)n1. The van der Waals surface area contributed by atoms with Crippen LogP contribution in [-0.2, 0) is 5.41 Å². The summed E-state index contributed by atoms with van der Waals surface area (Å²) in [5, 5.41) is 0. The lowest BCUT2D eigenvalue weighted by atomic mass is 9.68. The van der Waals surface area contributed by atoms with Crippen molar-refractivity contribution in [1.82, 2.24) is 9.97 Å². The average molecular weight is 266 g/mol. The lowest BCUT2D eigenvalue weighted by molar-refractivity contribution is 0.111. The van der Waals surface area contributed by atoms with Gasteiger partial charge in [0, 0.05) is 6.20 Å². The molecule has 3 rings (SSSR count). The second kappa shape index (κ2) is 5.53. The third-order valence-corrected chi connectivity index (χ3v) is 4.26. The third-order valence-electron chi connectivity index (χ3n) is 4.26. The molecule has 20 heavy (non-hydrogen) atoms. The summed E-state index contributed by atoms with van der Waals surface area (Å²) in [6.07, 6.45) is 8.24. The van der Waals surface area contributed by atoms with Crippen molar-refractivity contribution in [3.05, 3.63) is 59.7 Å². The Bertz CT molecular complexity index is 589. The molecule has 0 bridgehead atoms. The molecule has 0 unspecified atom stereocenters. The van der Waals surface area contributed by atoms with E-state index in [0.717, 1.165) is 25.0 Å². The molecule has 0 radical (unpaired) electrons. The molecule has 1 heterocycles. The van der Waals surface area contributed by atoms with E-state index in [4.69, 9.17) is 0 Å². The minimum absolute atomic E-state index is 0.126. The van der Waals surface area contributed by atoms with Crippen molar-refractivity contribution < 1.29 is 4.79 Å². The van der Waals surface area contributed by atoms with Crippen molar-refractivity contribution >= 4 is 6.29 Å². The maximum absolute atomic E-state index is 11.0. The molecule has 0 saturated heterocycles. The van der Waals surface area contributed by atoms with E-state index in [0.29, 0.717) is 5.69 Å². The highest BCUT2D eigenvalue weighted by Gasteiger charge is 2.38. The van der Waals surface area contributed by atoms with E-state index in [9.17, 15) is 4.79 Å². The van der Waals surface area contributed by atoms with E-state index in [-0.39, 0.29) is 5.41 Å². The van der Waals surface area contributed by atoms with Crippen molar-refractivity contribution in [2.75, 3.05) is 0 Å². The summed E-state index contributed by atoms with van der Waals surface area (Å²) in [6, 6.07) is 12.1. The molecule has 0 N–H and O–H groups in total. The van der Waals surface area contributed by atoms with Crippen LogP contribution < -0.4 is 0 Å². The molecular weight excluding hydrogens is 248 g/mol. The molecule has 0 atom stereocenters. The van der Waals surface area contributed by atoms with Crippen LogP contribution in [0.25, 0.3) is 0 Å². The number of aromatic nitrogens is 2. The van der Waals surface area contributed by atoms with Crippen molar-refractivity contribution in [3.63, 3.8) is 0 Å². The first-order chi connectivity index (χ1) is 9.85. The van der Waals surface area contributed by atoms with E-state index in [2.05, 4.69) is 34.2 Å². The third kappa shape index (κ3) is 2.24. The Hall–Kier alpha value is -2.03. The first-order valence-corrected chi connectivity index (χ1v) is 7.19. The normalized spacial score (nSPS) is 17.6. The second-order valence-electron chi connectivity index (χ2n) is 5.43. The van der Waals surface area contributed by atoms with Gasteiger partial charge in [0.1, 0.15) is 11.5 Å². The molecule has 1 aliphatic rings. The molecule has 0 amide bonds. The zero-order valence-corrected chi connectivity index (χ0v) is 11.5. The van der Waals surface area contributed by atoms with Gasteiger partial charge in [0.05, 0.1) is 5.41 Å². The molecule has 1 aromatic carbocycles. The number of carbonyl (C=O) groups excluding carboxylic acids is 1. The predicted octanol–water partition coefficient (Wildman–Crippen LogP) is 3.54. The quantitative estimate of drug-likeness (QED) is 0.798. The fraction of sp³-hybridized carbons (Fsp3) is 0.353. The van der Waals surface area contributed by atoms with Crippen LogP contribution in [0.2, 0.25) is 0 Å². The Morgan fingerprint density at radius 1 is 1.00 bits per heavy atom. The molecular formula is C17H18N2O. The van der Waals surface area contributed by atoms with Crippen LogP contribution >= 0.6 is 0 Å². The highest BCUT2D eigenvalue weighted by molar-refractivity contribution is 5.71. The van der Waals surface area contributed by atoms with Crippen molar-refractivity contribution in [2.45, 2.75) is 37.5 Å². The highest BCUT2D eigenvalue weighted by atomic mass is 16.1. The number of hydrogen-bond acceptors (Lipinski definition) is 3. The molecule has 1 saturated carbocycles. The highest BCUT2D eigenvalue weighted by Crippen LogP contribution is 2.43. The van der Waals surface area contributed by atoms with Gasteiger partial charge in [-0.2, -0.15) is 0 Å². The topological polar surface area (TPSA) is 42.9 Å². The largest absolute Gasteiger partial charge is 0.296 e. The first kappa shape index (κ1) is 13.0. The Morgan fingerprint density at radius 2 is 1.75 bits per heavy atom. The van der Waals surface area contributed by atoms with Crippen LogP contribution in [0.15, 0.2) is 42.6 Å². The molecule has 0 spiro atoms. The zero-order chi connectivity index (χ0) is 13.8. The summed E-state index contributed by atoms with van der Waals surface area (Å²) >= 11 is 0. The molecule has 2 aromatic rings. The summed E-state index contributed by atoms with van der Waals surface area (Å²) in [7, 11) is 0.